The van der Waals surface area contributed by atoms with E-state index in [0.29, 0.717) is 11.3 Å². The Balaban J connectivity index is 2.24. The van der Waals surface area contributed by atoms with Gasteiger partial charge in [0.15, 0.2) is 0 Å². The van der Waals surface area contributed by atoms with Crippen LogP contribution in [0.1, 0.15) is 10.4 Å². The minimum absolute atomic E-state index is 0.524. The third-order valence-electron chi connectivity index (χ3n) is 2.57. The largest absolute Gasteiger partial charge is 0.298 e. The second-order valence-electron chi connectivity index (χ2n) is 4.19. The molecule has 0 aromatic heterocycles. The summed E-state index contributed by atoms with van der Waals surface area (Å²) in [6, 6.07) is 14.2. The van der Waals surface area contributed by atoms with E-state index in [1.807, 2.05) is 24.3 Å². The van der Waals surface area contributed by atoms with Crippen molar-refractivity contribution in [3.05, 3.63) is 54.1 Å². The van der Waals surface area contributed by atoms with Crippen LogP contribution in [-0.4, -0.2) is 21.0 Å². The van der Waals surface area contributed by atoms with E-state index in [1.165, 1.54) is 0 Å². The van der Waals surface area contributed by atoms with Crippen LogP contribution in [0.5, 0.6) is 0 Å². The minimum atomic E-state index is -3.25. The molecule has 0 radical (unpaired) electrons. The first kappa shape index (κ1) is 13.3. The number of aldehydes is 1. The Hall–Kier alpha value is -2.14. The first-order chi connectivity index (χ1) is 8.98. The third-order valence-corrected chi connectivity index (χ3v) is 3.17. The number of carbonyl (C=O) groups excluding carboxylic acids is 1. The van der Waals surface area contributed by atoms with Crippen LogP contribution in [0.4, 0.5) is 5.69 Å². The van der Waals surface area contributed by atoms with Crippen LogP contribution >= 0.6 is 0 Å². The van der Waals surface area contributed by atoms with Gasteiger partial charge in [0.25, 0.3) is 0 Å². The fourth-order valence-corrected chi connectivity index (χ4v) is 2.26. The molecule has 2 aromatic rings. The molecule has 0 aliphatic carbocycles. The van der Waals surface area contributed by atoms with E-state index in [1.54, 1.807) is 24.3 Å². The van der Waals surface area contributed by atoms with Crippen molar-refractivity contribution in [2.45, 2.75) is 0 Å². The zero-order valence-corrected chi connectivity index (χ0v) is 11.1. The summed E-state index contributed by atoms with van der Waals surface area (Å²) < 4.78 is 24.6. The van der Waals surface area contributed by atoms with Gasteiger partial charge < -0.3 is 0 Å². The lowest BCUT2D eigenvalue weighted by molar-refractivity contribution is 0.112. The second-order valence-corrected chi connectivity index (χ2v) is 5.94. The Morgan fingerprint density at radius 3 is 1.79 bits per heavy atom. The Morgan fingerprint density at radius 1 is 0.895 bits per heavy atom. The van der Waals surface area contributed by atoms with E-state index >= 15 is 0 Å². The lowest BCUT2D eigenvalue weighted by Gasteiger charge is -2.06. The zero-order valence-electron chi connectivity index (χ0n) is 10.3. The standard InChI is InChI=1S/C14H13NO3S/c1-19(17,18)15-14-8-6-13(7-9-14)12-4-2-11(10-16)3-5-12/h2-10,15H,1H3. The zero-order chi connectivity index (χ0) is 13.9. The van der Waals surface area contributed by atoms with E-state index in [0.717, 1.165) is 23.7 Å². The summed E-state index contributed by atoms with van der Waals surface area (Å²) in [6.45, 7) is 0. The summed E-state index contributed by atoms with van der Waals surface area (Å²) in [5.41, 5.74) is 3.07. The molecule has 0 fully saturated rings. The van der Waals surface area contributed by atoms with Gasteiger partial charge in [0.05, 0.1) is 6.26 Å². The highest BCUT2D eigenvalue weighted by atomic mass is 32.2. The average Bonchev–Trinajstić information content (AvgIpc) is 2.38. The maximum absolute atomic E-state index is 11.1. The van der Waals surface area contributed by atoms with Gasteiger partial charge in [-0.2, -0.15) is 0 Å². The summed E-state index contributed by atoms with van der Waals surface area (Å²) in [5, 5.41) is 0. The topological polar surface area (TPSA) is 63.2 Å². The van der Waals surface area contributed by atoms with Gasteiger partial charge in [-0.15, -0.1) is 0 Å². The number of benzene rings is 2. The van der Waals surface area contributed by atoms with Crippen molar-refractivity contribution in [1.29, 1.82) is 0 Å². The molecule has 98 valence electrons. The molecule has 5 heteroatoms. The molecule has 4 nitrogen and oxygen atoms in total. The summed E-state index contributed by atoms with van der Waals surface area (Å²) in [4.78, 5) is 10.6. The Labute approximate surface area is 112 Å². The van der Waals surface area contributed by atoms with Crippen LogP contribution in [0.2, 0.25) is 0 Å². The van der Waals surface area contributed by atoms with Crippen molar-refractivity contribution in [3.8, 4) is 11.1 Å². The van der Waals surface area contributed by atoms with Gasteiger partial charge in [0.1, 0.15) is 6.29 Å². The van der Waals surface area contributed by atoms with Crippen molar-refractivity contribution in [2.24, 2.45) is 0 Å². The monoisotopic (exact) mass is 275 g/mol. The lowest BCUT2D eigenvalue weighted by atomic mass is 10.0. The van der Waals surface area contributed by atoms with E-state index in [4.69, 9.17) is 0 Å². The third kappa shape index (κ3) is 3.66. The van der Waals surface area contributed by atoms with Crippen molar-refractivity contribution in [3.63, 3.8) is 0 Å². The smallest absolute Gasteiger partial charge is 0.229 e. The van der Waals surface area contributed by atoms with E-state index in [9.17, 15) is 13.2 Å². The van der Waals surface area contributed by atoms with Gasteiger partial charge in [0, 0.05) is 11.3 Å². The lowest BCUT2D eigenvalue weighted by Crippen LogP contribution is -2.09. The summed E-state index contributed by atoms with van der Waals surface area (Å²) in [6.07, 6.45) is 1.90. The number of anilines is 1. The molecule has 19 heavy (non-hydrogen) atoms. The van der Waals surface area contributed by atoms with Gasteiger partial charge in [-0.25, -0.2) is 8.42 Å². The van der Waals surface area contributed by atoms with Crippen molar-refractivity contribution < 1.29 is 13.2 Å². The second kappa shape index (κ2) is 5.24. The number of rotatable bonds is 4. The van der Waals surface area contributed by atoms with Crippen molar-refractivity contribution in [1.82, 2.24) is 0 Å². The highest BCUT2D eigenvalue weighted by Crippen LogP contribution is 2.21. The number of hydrogen-bond donors (Lipinski definition) is 1. The molecule has 0 saturated carbocycles. The van der Waals surface area contributed by atoms with Gasteiger partial charge in [-0.05, 0) is 23.3 Å². The molecule has 0 spiro atoms. The maximum atomic E-state index is 11.1. The highest BCUT2D eigenvalue weighted by molar-refractivity contribution is 7.92. The number of hydrogen-bond acceptors (Lipinski definition) is 3. The molecule has 0 saturated heterocycles. The molecule has 0 atom stereocenters. The Morgan fingerprint density at radius 2 is 1.37 bits per heavy atom. The van der Waals surface area contributed by atoms with Gasteiger partial charge in [-0.1, -0.05) is 36.4 Å². The molecule has 0 aliphatic rings. The summed E-state index contributed by atoms with van der Waals surface area (Å²) in [5.74, 6) is 0. The summed E-state index contributed by atoms with van der Waals surface area (Å²) >= 11 is 0. The molecule has 0 bridgehead atoms. The van der Waals surface area contributed by atoms with Crippen LogP contribution in [0.3, 0.4) is 0 Å². The Kier molecular flexibility index (Phi) is 3.66. The van der Waals surface area contributed by atoms with Crippen molar-refractivity contribution in [2.75, 3.05) is 11.0 Å². The molecule has 0 amide bonds. The van der Waals surface area contributed by atoms with Crippen LogP contribution in [0, 0.1) is 0 Å². The Bertz CT molecular complexity index is 674. The predicted octanol–water partition coefficient (Wildman–Crippen LogP) is 2.54. The molecule has 2 aromatic carbocycles. The summed E-state index contributed by atoms with van der Waals surface area (Å²) in [7, 11) is -3.25. The molecular weight excluding hydrogens is 262 g/mol. The maximum Gasteiger partial charge on any atom is 0.229 e. The minimum Gasteiger partial charge on any atom is -0.298 e. The average molecular weight is 275 g/mol. The first-order valence-corrected chi connectivity index (χ1v) is 7.50. The van der Waals surface area contributed by atoms with E-state index < -0.39 is 10.0 Å². The fraction of sp³-hybridized carbons (Fsp3) is 0.0714. The van der Waals surface area contributed by atoms with Gasteiger partial charge in [-0.3, -0.25) is 9.52 Å². The number of nitrogens with one attached hydrogen (secondary N) is 1. The van der Waals surface area contributed by atoms with Crippen LogP contribution in [-0.2, 0) is 10.0 Å². The van der Waals surface area contributed by atoms with Crippen LogP contribution < -0.4 is 4.72 Å². The fourth-order valence-electron chi connectivity index (χ4n) is 1.70. The van der Waals surface area contributed by atoms with E-state index in [2.05, 4.69) is 4.72 Å². The van der Waals surface area contributed by atoms with Crippen molar-refractivity contribution >= 4 is 22.0 Å². The number of sulfonamides is 1. The van der Waals surface area contributed by atoms with Gasteiger partial charge in [0.2, 0.25) is 10.0 Å². The number of carbonyl (C=O) groups is 1. The molecular formula is C14H13NO3S. The quantitative estimate of drug-likeness (QED) is 0.872. The molecule has 0 aliphatic heterocycles. The molecule has 2 rings (SSSR count). The first-order valence-electron chi connectivity index (χ1n) is 5.61. The van der Waals surface area contributed by atoms with Gasteiger partial charge >= 0.3 is 0 Å². The van der Waals surface area contributed by atoms with Crippen LogP contribution in [0.15, 0.2) is 48.5 Å². The molecule has 0 heterocycles. The SMILES string of the molecule is CS(=O)(=O)Nc1ccc(-c2ccc(C=O)cc2)cc1. The molecule has 1 N–H and O–H groups in total. The predicted molar refractivity (Wildman–Crippen MR) is 75.7 cm³/mol. The normalized spacial score (nSPS) is 11.0. The van der Waals surface area contributed by atoms with E-state index in [-0.39, 0.29) is 0 Å². The van der Waals surface area contributed by atoms with Crippen LogP contribution in [0.25, 0.3) is 11.1 Å². The molecule has 0 unspecified atom stereocenters. The highest BCUT2D eigenvalue weighted by Gasteiger charge is 2.02.